The number of carbonyl (C=O) groups is 2. The van der Waals surface area contributed by atoms with Crippen LogP contribution in [-0.4, -0.2) is 39.7 Å². The second-order valence-electron chi connectivity index (χ2n) is 8.06. The first-order chi connectivity index (χ1) is 12.7. The van der Waals surface area contributed by atoms with Gasteiger partial charge in [-0.15, -0.1) is 11.8 Å². The molecule has 0 aliphatic carbocycles. The van der Waals surface area contributed by atoms with Crippen LogP contribution in [0.4, 0.5) is 4.79 Å². The van der Waals surface area contributed by atoms with Crippen molar-refractivity contribution in [2.24, 2.45) is 5.92 Å². The van der Waals surface area contributed by atoms with Crippen molar-refractivity contribution in [2.45, 2.75) is 77.2 Å². The summed E-state index contributed by atoms with van der Waals surface area (Å²) in [6.45, 7) is 10.2. The van der Waals surface area contributed by atoms with Crippen LogP contribution in [0.5, 0.6) is 0 Å². The minimum atomic E-state index is -0.988. The van der Waals surface area contributed by atoms with Gasteiger partial charge in [-0.1, -0.05) is 38.8 Å². The van der Waals surface area contributed by atoms with E-state index in [1.165, 1.54) is 30.6 Å². The van der Waals surface area contributed by atoms with Gasteiger partial charge in [0.25, 0.3) is 0 Å². The average molecular weight is 394 g/mol. The number of nitrogens with zero attached hydrogens (tertiary/aromatic N) is 1. The summed E-state index contributed by atoms with van der Waals surface area (Å²) in [7, 11) is 0. The maximum absolute atomic E-state index is 12.6. The standard InChI is InChI=1S/C22H35NO3S/c1-6-9-17(10-7-2)16-27-19-12-8-11-18(15-19)20(24)13-14-23(21(25)26)22(3,4)5/h8,11-12,15,17H,6-7,9-10,13-14,16H2,1-5H3,(H,25,26). The SMILES string of the molecule is CCCC(CCC)CSc1cccc(C(=O)CCN(C(=O)O)C(C)(C)C)c1. The molecule has 0 unspecified atom stereocenters. The number of rotatable bonds is 11. The molecule has 152 valence electrons. The number of hydrogen-bond acceptors (Lipinski definition) is 3. The highest BCUT2D eigenvalue weighted by molar-refractivity contribution is 7.99. The second-order valence-corrected chi connectivity index (χ2v) is 9.15. The fourth-order valence-corrected chi connectivity index (χ4v) is 4.32. The van der Waals surface area contributed by atoms with E-state index in [1.807, 2.05) is 50.7 Å². The van der Waals surface area contributed by atoms with Gasteiger partial charge in [-0.2, -0.15) is 0 Å². The fourth-order valence-electron chi connectivity index (χ4n) is 3.18. The van der Waals surface area contributed by atoms with Gasteiger partial charge >= 0.3 is 6.09 Å². The van der Waals surface area contributed by atoms with Crippen LogP contribution in [0.3, 0.4) is 0 Å². The lowest BCUT2D eigenvalue weighted by Crippen LogP contribution is -2.45. The summed E-state index contributed by atoms with van der Waals surface area (Å²) in [6, 6.07) is 7.74. The number of amides is 1. The Hall–Kier alpha value is -1.49. The van der Waals surface area contributed by atoms with Gasteiger partial charge in [-0.3, -0.25) is 4.79 Å². The molecule has 0 saturated heterocycles. The highest BCUT2D eigenvalue weighted by Gasteiger charge is 2.26. The van der Waals surface area contributed by atoms with Crippen LogP contribution >= 0.6 is 11.8 Å². The van der Waals surface area contributed by atoms with E-state index < -0.39 is 11.6 Å². The first kappa shape index (κ1) is 23.5. The van der Waals surface area contributed by atoms with Gasteiger partial charge in [0.15, 0.2) is 5.78 Å². The van der Waals surface area contributed by atoms with Crippen molar-refractivity contribution >= 4 is 23.6 Å². The molecule has 0 bridgehead atoms. The van der Waals surface area contributed by atoms with Crippen molar-refractivity contribution in [1.82, 2.24) is 4.90 Å². The lowest BCUT2D eigenvalue weighted by molar-refractivity contribution is 0.0871. The minimum absolute atomic E-state index is 0.00776. The van der Waals surface area contributed by atoms with Gasteiger partial charge < -0.3 is 10.0 Å². The van der Waals surface area contributed by atoms with Crippen molar-refractivity contribution in [3.05, 3.63) is 29.8 Å². The fraction of sp³-hybridized carbons (Fsp3) is 0.636. The molecule has 4 nitrogen and oxygen atoms in total. The second kappa shape index (κ2) is 11.4. The third-order valence-electron chi connectivity index (χ3n) is 4.64. The molecule has 1 aromatic carbocycles. The molecular weight excluding hydrogens is 358 g/mol. The molecule has 0 atom stereocenters. The van der Waals surface area contributed by atoms with E-state index in [4.69, 9.17) is 0 Å². The van der Waals surface area contributed by atoms with Crippen molar-refractivity contribution in [1.29, 1.82) is 0 Å². The van der Waals surface area contributed by atoms with E-state index in [1.54, 1.807) is 0 Å². The van der Waals surface area contributed by atoms with Crippen molar-refractivity contribution in [3.8, 4) is 0 Å². The Labute approximate surface area is 168 Å². The lowest BCUT2D eigenvalue weighted by atomic mass is 10.0. The van der Waals surface area contributed by atoms with Crippen LogP contribution in [0.1, 0.15) is 77.1 Å². The monoisotopic (exact) mass is 393 g/mol. The zero-order chi connectivity index (χ0) is 20.4. The van der Waals surface area contributed by atoms with Crippen LogP contribution in [0, 0.1) is 5.92 Å². The Morgan fingerprint density at radius 1 is 1.15 bits per heavy atom. The van der Waals surface area contributed by atoms with Gasteiger partial charge in [-0.25, -0.2) is 4.79 Å². The summed E-state index contributed by atoms with van der Waals surface area (Å²) in [5.74, 6) is 1.79. The Morgan fingerprint density at radius 2 is 1.78 bits per heavy atom. The predicted molar refractivity (Wildman–Crippen MR) is 114 cm³/mol. The molecule has 0 aliphatic heterocycles. The third kappa shape index (κ3) is 8.37. The van der Waals surface area contributed by atoms with Gasteiger partial charge in [0.2, 0.25) is 0 Å². The number of hydrogen-bond donors (Lipinski definition) is 1. The maximum atomic E-state index is 12.6. The quantitative estimate of drug-likeness (QED) is 0.352. The third-order valence-corrected chi connectivity index (χ3v) is 5.86. The number of thioether (sulfide) groups is 1. The zero-order valence-electron chi connectivity index (χ0n) is 17.5. The molecule has 1 rings (SSSR count). The van der Waals surface area contributed by atoms with Gasteiger partial charge in [0.05, 0.1) is 0 Å². The van der Waals surface area contributed by atoms with E-state index in [-0.39, 0.29) is 18.7 Å². The highest BCUT2D eigenvalue weighted by atomic mass is 32.2. The normalized spacial score (nSPS) is 11.6. The topological polar surface area (TPSA) is 57.6 Å². The molecule has 0 aliphatic rings. The Bertz CT molecular complexity index is 604. The average Bonchev–Trinajstić information content (AvgIpc) is 2.59. The molecule has 0 spiro atoms. The first-order valence-electron chi connectivity index (χ1n) is 9.95. The van der Waals surface area contributed by atoms with E-state index >= 15 is 0 Å². The Kier molecular flexibility index (Phi) is 9.92. The van der Waals surface area contributed by atoms with E-state index in [9.17, 15) is 14.7 Å². The molecule has 0 aromatic heterocycles. The summed E-state index contributed by atoms with van der Waals surface area (Å²) in [5, 5.41) is 9.36. The van der Waals surface area contributed by atoms with Crippen LogP contribution in [-0.2, 0) is 0 Å². The predicted octanol–water partition coefficient (Wildman–Crippen LogP) is 6.35. The molecule has 1 N–H and O–H groups in total. The summed E-state index contributed by atoms with van der Waals surface area (Å²) in [6.07, 6.45) is 4.12. The molecular formula is C22H35NO3S. The minimum Gasteiger partial charge on any atom is -0.465 e. The van der Waals surface area contributed by atoms with E-state index in [0.717, 1.165) is 16.6 Å². The summed E-state index contributed by atoms with van der Waals surface area (Å²) in [4.78, 5) is 26.4. The molecule has 27 heavy (non-hydrogen) atoms. The Balaban J connectivity index is 2.69. The number of Topliss-reactive ketones (excluding diaryl/α,β-unsaturated/α-hetero) is 1. The highest BCUT2D eigenvalue weighted by Crippen LogP contribution is 2.26. The molecule has 0 heterocycles. The number of carbonyl (C=O) groups excluding carboxylic acids is 1. The smallest absolute Gasteiger partial charge is 0.407 e. The van der Waals surface area contributed by atoms with Gasteiger partial charge in [0.1, 0.15) is 0 Å². The van der Waals surface area contributed by atoms with Crippen LogP contribution in [0.2, 0.25) is 0 Å². The van der Waals surface area contributed by atoms with E-state index in [2.05, 4.69) is 19.9 Å². The summed E-state index contributed by atoms with van der Waals surface area (Å²) >= 11 is 1.82. The summed E-state index contributed by atoms with van der Waals surface area (Å²) in [5.41, 5.74) is 0.152. The van der Waals surface area contributed by atoms with E-state index in [0.29, 0.717) is 5.56 Å². The number of benzene rings is 1. The molecule has 0 radical (unpaired) electrons. The number of carboxylic acid groups (broad SMARTS) is 1. The molecule has 5 heteroatoms. The van der Waals surface area contributed by atoms with Crippen LogP contribution in [0.15, 0.2) is 29.2 Å². The van der Waals surface area contributed by atoms with Gasteiger partial charge in [0, 0.05) is 34.7 Å². The van der Waals surface area contributed by atoms with Crippen molar-refractivity contribution in [2.75, 3.05) is 12.3 Å². The summed E-state index contributed by atoms with van der Waals surface area (Å²) < 4.78 is 0. The van der Waals surface area contributed by atoms with Crippen LogP contribution < -0.4 is 0 Å². The molecule has 1 amide bonds. The van der Waals surface area contributed by atoms with Crippen molar-refractivity contribution in [3.63, 3.8) is 0 Å². The number of ketones is 1. The molecule has 0 fully saturated rings. The van der Waals surface area contributed by atoms with Gasteiger partial charge in [-0.05, 0) is 51.7 Å². The zero-order valence-corrected chi connectivity index (χ0v) is 18.3. The lowest BCUT2D eigenvalue weighted by Gasteiger charge is -2.32. The largest absolute Gasteiger partial charge is 0.465 e. The van der Waals surface area contributed by atoms with Crippen molar-refractivity contribution < 1.29 is 14.7 Å². The molecule has 1 aromatic rings. The first-order valence-corrected chi connectivity index (χ1v) is 10.9. The molecule has 0 saturated carbocycles. The van der Waals surface area contributed by atoms with Crippen LogP contribution in [0.25, 0.3) is 0 Å². The maximum Gasteiger partial charge on any atom is 0.407 e. The Morgan fingerprint density at radius 3 is 2.30 bits per heavy atom.